The van der Waals surface area contributed by atoms with Crippen molar-refractivity contribution in [3.63, 3.8) is 0 Å². The predicted molar refractivity (Wildman–Crippen MR) is 82.2 cm³/mol. The van der Waals surface area contributed by atoms with Crippen molar-refractivity contribution in [2.45, 2.75) is 24.5 Å². The average Bonchev–Trinajstić information content (AvgIpc) is 2.91. The molecule has 0 aliphatic carbocycles. The lowest BCUT2D eigenvalue weighted by Gasteiger charge is -2.15. The Morgan fingerprint density at radius 3 is 3.00 bits per heavy atom. The highest BCUT2D eigenvalue weighted by molar-refractivity contribution is 7.89. The number of aromatic nitrogens is 2. The van der Waals surface area contributed by atoms with Gasteiger partial charge in [-0.2, -0.15) is 5.10 Å². The fourth-order valence-corrected chi connectivity index (χ4v) is 3.97. The van der Waals surface area contributed by atoms with Crippen molar-refractivity contribution in [2.24, 2.45) is 0 Å². The minimum Gasteiger partial charge on any atom is -0.376 e. The molecule has 6 nitrogen and oxygen atoms in total. The van der Waals surface area contributed by atoms with Crippen molar-refractivity contribution < 1.29 is 13.2 Å². The molecular weight excluding hydrogens is 326 g/mol. The fourth-order valence-electron chi connectivity index (χ4n) is 2.43. The van der Waals surface area contributed by atoms with Crippen LogP contribution in [0.15, 0.2) is 35.4 Å². The largest absolute Gasteiger partial charge is 0.376 e. The van der Waals surface area contributed by atoms with Crippen LogP contribution in [0.5, 0.6) is 0 Å². The number of nitrogens with one attached hydrogen (secondary N) is 1. The SMILES string of the molecule is O=S(=O)(NCCn1ncc2c1CCOC2)c1ccccc1Cl. The maximum atomic E-state index is 12.2. The molecular formula is C14H16ClN3O3S. The van der Waals surface area contributed by atoms with E-state index in [-0.39, 0.29) is 16.5 Å². The highest BCUT2D eigenvalue weighted by Gasteiger charge is 2.18. The van der Waals surface area contributed by atoms with Crippen molar-refractivity contribution in [2.75, 3.05) is 13.2 Å². The van der Waals surface area contributed by atoms with E-state index in [9.17, 15) is 8.42 Å². The Labute approximate surface area is 134 Å². The van der Waals surface area contributed by atoms with Gasteiger partial charge < -0.3 is 4.74 Å². The fraction of sp³-hybridized carbons (Fsp3) is 0.357. The first-order chi connectivity index (χ1) is 10.6. The van der Waals surface area contributed by atoms with Gasteiger partial charge in [-0.25, -0.2) is 13.1 Å². The van der Waals surface area contributed by atoms with Gasteiger partial charge in [-0.15, -0.1) is 0 Å². The smallest absolute Gasteiger partial charge is 0.242 e. The summed E-state index contributed by atoms with van der Waals surface area (Å²) in [7, 11) is -3.61. The van der Waals surface area contributed by atoms with Gasteiger partial charge in [0.15, 0.2) is 0 Å². The third-order valence-corrected chi connectivity index (χ3v) is 5.48. The van der Waals surface area contributed by atoms with E-state index in [1.807, 2.05) is 4.68 Å². The van der Waals surface area contributed by atoms with Crippen molar-refractivity contribution >= 4 is 21.6 Å². The van der Waals surface area contributed by atoms with Crippen LogP contribution in [0.1, 0.15) is 11.3 Å². The monoisotopic (exact) mass is 341 g/mol. The lowest BCUT2D eigenvalue weighted by molar-refractivity contribution is 0.109. The molecule has 0 amide bonds. The van der Waals surface area contributed by atoms with Gasteiger partial charge >= 0.3 is 0 Å². The van der Waals surface area contributed by atoms with Crippen LogP contribution in [0.3, 0.4) is 0 Å². The third kappa shape index (κ3) is 3.17. The molecule has 0 saturated heterocycles. The highest BCUT2D eigenvalue weighted by Crippen LogP contribution is 2.20. The third-order valence-electron chi connectivity index (χ3n) is 3.52. The van der Waals surface area contributed by atoms with Crippen LogP contribution in [-0.2, 0) is 34.3 Å². The Balaban J connectivity index is 1.66. The molecule has 1 aliphatic heterocycles. The van der Waals surface area contributed by atoms with Crippen LogP contribution in [0.25, 0.3) is 0 Å². The zero-order valence-corrected chi connectivity index (χ0v) is 13.4. The summed E-state index contributed by atoms with van der Waals surface area (Å²) >= 11 is 5.93. The maximum absolute atomic E-state index is 12.2. The minimum atomic E-state index is -3.61. The number of hydrogen-bond acceptors (Lipinski definition) is 4. The lowest BCUT2D eigenvalue weighted by Crippen LogP contribution is -2.28. The van der Waals surface area contributed by atoms with Crippen LogP contribution in [0.2, 0.25) is 5.02 Å². The molecule has 0 atom stereocenters. The molecule has 1 aromatic heterocycles. The second kappa shape index (κ2) is 6.37. The zero-order chi connectivity index (χ0) is 15.6. The molecule has 1 aromatic carbocycles. The first-order valence-corrected chi connectivity index (χ1v) is 8.79. The van der Waals surface area contributed by atoms with Crippen LogP contribution >= 0.6 is 11.6 Å². The second-order valence-electron chi connectivity index (χ2n) is 4.97. The molecule has 2 aromatic rings. The molecule has 0 bridgehead atoms. The molecule has 0 radical (unpaired) electrons. The Hall–Kier alpha value is -1.41. The summed E-state index contributed by atoms with van der Waals surface area (Å²) in [5.41, 5.74) is 2.18. The Morgan fingerprint density at radius 2 is 2.18 bits per heavy atom. The van der Waals surface area contributed by atoms with Crippen molar-refractivity contribution in [3.8, 4) is 0 Å². The van der Waals surface area contributed by atoms with E-state index in [1.54, 1.807) is 24.4 Å². The summed E-state index contributed by atoms with van der Waals surface area (Å²) in [5, 5.41) is 4.50. The Kier molecular flexibility index (Phi) is 4.49. The van der Waals surface area contributed by atoms with Crippen LogP contribution in [0.4, 0.5) is 0 Å². The standard InChI is InChI=1S/C14H16ClN3O3S/c15-12-3-1-2-4-14(12)22(19,20)17-6-7-18-13-5-8-21-10-11(13)9-16-18/h1-4,9,17H,5-8,10H2. The average molecular weight is 342 g/mol. The summed E-state index contributed by atoms with van der Waals surface area (Å²) in [4.78, 5) is 0.0903. The molecule has 2 heterocycles. The van der Waals surface area contributed by atoms with Crippen molar-refractivity contribution in [3.05, 3.63) is 46.7 Å². The number of rotatable bonds is 5. The predicted octanol–water partition coefficient (Wildman–Crippen LogP) is 1.59. The first-order valence-electron chi connectivity index (χ1n) is 6.93. The summed E-state index contributed by atoms with van der Waals surface area (Å²) in [6, 6.07) is 6.38. The minimum absolute atomic E-state index is 0.0903. The van der Waals surface area contributed by atoms with Gasteiger partial charge in [0.05, 0.1) is 31.0 Å². The van der Waals surface area contributed by atoms with Gasteiger partial charge in [0.1, 0.15) is 4.90 Å². The highest BCUT2D eigenvalue weighted by atomic mass is 35.5. The van der Waals surface area contributed by atoms with Gasteiger partial charge in [0, 0.05) is 24.2 Å². The van der Waals surface area contributed by atoms with Crippen LogP contribution in [0, 0.1) is 0 Å². The molecule has 0 unspecified atom stereocenters. The first kappa shape index (κ1) is 15.5. The van der Waals surface area contributed by atoms with Crippen molar-refractivity contribution in [1.29, 1.82) is 0 Å². The number of hydrogen-bond donors (Lipinski definition) is 1. The molecule has 0 saturated carbocycles. The number of ether oxygens (including phenoxy) is 1. The number of fused-ring (bicyclic) bond motifs is 1. The van der Waals surface area contributed by atoms with Crippen molar-refractivity contribution in [1.82, 2.24) is 14.5 Å². The number of nitrogens with zero attached hydrogens (tertiary/aromatic N) is 2. The number of benzene rings is 1. The number of halogens is 1. The molecule has 22 heavy (non-hydrogen) atoms. The van der Waals surface area contributed by atoms with Gasteiger partial charge in [-0.05, 0) is 12.1 Å². The van der Waals surface area contributed by atoms with Crippen LogP contribution in [-0.4, -0.2) is 31.3 Å². The molecule has 3 rings (SSSR count). The van der Waals surface area contributed by atoms with E-state index in [2.05, 4.69) is 9.82 Å². The summed E-state index contributed by atoms with van der Waals surface area (Å²) in [6.07, 6.45) is 2.57. The van der Waals surface area contributed by atoms with E-state index in [4.69, 9.17) is 16.3 Å². The van der Waals surface area contributed by atoms with E-state index in [1.165, 1.54) is 6.07 Å². The number of sulfonamides is 1. The zero-order valence-electron chi connectivity index (χ0n) is 11.8. The molecule has 0 spiro atoms. The van der Waals surface area contributed by atoms with Gasteiger partial charge in [-0.1, -0.05) is 23.7 Å². The molecule has 1 N–H and O–H groups in total. The van der Waals surface area contributed by atoms with E-state index in [0.29, 0.717) is 19.8 Å². The summed E-state index contributed by atoms with van der Waals surface area (Å²) < 4.78 is 34.2. The summed E-state index contributed by atoms with van der Waals surface area (Å²) in [5.74, 6) is 0. The lowest BCUT2D eigenvalue weighted by atomic mass is 10.2. The molecule has 8 heteroatoms. The molecule has 1 aliphatic rings. The normalized spacial score (nSPS) is 14.8. The van der Waals surface area contributed by atoms with Crippen LogP contribution < -0.4 is 4.72 Å². The van der Waals surface area contributed by atoms with Gasteiger partial charge in [0.25, 0.3) is 0 Å². The van der Waals surface area contributed by atoms with E-state index < -0.39 is 10.0 Å². The van der Waals surface area contributed by atoms with E-state index in [0.717, 1.165) is 17.7 Å². The molecule has 0 fully saturated rings. The Morgan fingerprint density at radius 1 is 1.36 bits per heavy atom. The van der Waals surface area contributed by atoms with E-state index >= 15 is 0 Å². The quantitative estimate of drug-likeness (QED) is 0.896. The Bertz CT molecular complexity index is 773. The van der Waals surface area contributed by atoms with Gasteiger partial charge in [0.2, 0.25) is 10.0 Å². The second-order valence-corrected chi connectivity index (χ2v) is 7.11. The molecule has 118 valence electrons. The topological polar surface area (TPSA) is 73.2 Å². The van der Waals surface area contributed by atoms with Gasteiger partial charge in [-0.3, -0.25) is 4.68 Å². The summed E-state index contributed by atoms with van der Waals surface area (Å²) in [6.45, 7) is 1.96. The maximum Gasteiger partial charge on any atom is 0.242 e.